The summed E-state index contributed by atoms with van der Waals surface area (Å²) >= 11 is 3.57. The topological polar surface area (TPSA) is 48.1 Å². The number of halogens is 1. The van der Waals surface area contributed by atoms with Gasteiger partial charge in [0.1, 0.15) is 5.75 Å². The summed E-state index contributed by atoms with van der Waals surface area (Å²) in [7, 11) is 1.67. The molecule has 0 radical (unpaired) electrons. The molecule has 1 heterocycles. The first-order valence-electron chi connectivity index (χ1n) is 6.66. The predicted octanol–water partition coefficient (Wildman–Crippen LogP) is 3.66. The maximum atomic E-state index is 6.37. The van der Waals surface area contributed by atoms with Crippen LogP contribution in [0.3, 0.4) is 0 Å². The highest BCUT2D eigenvalue weighted by Gasteiger charge is 2.13. The minimum atomic E-state index is -0.0450. The zero-order chi connectivity index (χ0) is 14.5. The Morgan fingerprint density at radius 2 is 2.10 bits per heavy atom. The lowest BCUT2D eigenvalue weighted by atomic mass is 9.96. The van der Waals surface area contributed by atoms with Crippen LogP contribution in [0.15, 0.2) is 41.1 Å². The summed E-state index contributed by atoms with van der Waals surface area (Å²) in [5, 5.41) is 0. The molecule has 0 aliphatic rings. The Kier molecular flexibility index (Phi) is 5.15. The Balaban J connectivity index is 2.25. The summed E-state index contributed by atoms with van der Waals surface area (Å²) < 4.78 is 6.33. The molecule has 0 aliphatic heterocycles. The maximum Gasteiger partial charge on any atom is 0.119 e. The van der Waals surface area contributed by atoms with Gasteiger partial charge in [0, 0.05) is 22.9 Å². The highest BCUT2D eigenvalue weighted by molar-refractivity contribution is 9.10. The predicted molar refractivity (Wildman–Crippen MR) is 84.9 cm³/mol. The van der Waals surface area contributed by atoms with E-state index >= 15 is 0 Å². The van der Waals surface area contributed by atoms with Crippen molar-refractivity contribution in [2.75, 3.05) is 7.11 Å². The average Bonchev–Trinajstić information content (AvgIpc) is 2.49. The fourth-order valence-electron chi connectivity index (χ4n) is 2.28. The summed E-state index contributed by atoms with van der Waals surface area (Å²) in [4.78, 5) is 4.17. The third-order valence-corrected chi connectivity index (χ3v) is 4.19. The molecule has 106 valence electrons. The number of hydrogen-bond acceptors (Lipinski definition) is 3. The first-order valence-corrected chi connectivity index (χ1v) is 7.45. The van der Waals surface area contributed by atoms with Crippen LogP contribution in [0.2, 0.25) is 0 Å². The molecule has 4 heteroatoms. The van der Waals surface area contributed by atoms with Crippen molar-refractivity contribution < 1.29 is 4.74 Å². The second-order valence-corrected chi connectivity index (χ2v) is 5.55. The summed E-state index contributed by atoms with van der Waals surface area (Å²) in [5.74, 6) is 0.848. The van der Waals surface area contributed by atoms with Crippen LogP contribution in [-0.2, 0) is 12.8 Å². The van der Waals surface area contributed by atoms with Gasteiger partial charge in [-0.25, -0.2) is 0 Å². The zero-order valence-electron chi connectivity index (χ0n) is 11.8. The van der Waals surface area contributed by atoms with E-state index in [9.17, 15) is 0 Å². The van der Waals surface area contributed by atoms with E-state index in [4.69, 9.17) is 10.5 Å². The summed E-state index contributed by atoms with van der Waals surface area (Å²) in [6.07, 6.45) is 5.40. The number of nitrogens with zero attached hydrogens (tertiary/aromatic N) is 1. The van der Waals surface area contributed by atoms with Gasteiger partial charge in [0.15, 0.2) is 0 Å². The Bertz CT molecular complexity index is 586. The van der Waals surface area contributed by atoms with E-state index in [1.165, 1.54) is 5.56 Å². The summed E-state index contributed by atoms with van der Waals surface area (Å²) in [6.45, 7) is 2.12. The largest absolute Gasteiger partial charge is 0.497 e. The van der Waals surface area contributed by atoms with Crippen molar-refractivity contribution in [3.63, 3.8) is 0 Å². The molecule has 0 spiro atoms. The van der Waals surface area contributed by atoms with Crippen molar-refractivity contribution in [1.82, 2.24) is 4.98 Å². The fraction of sp³-hybridized carbons (Fsp3) is 0.312. The first-order chi connectivity index (χ1) is 9.65. The minimum Gasteiger partial charge on any atom is -0.497 e. The lowest BCUT2D eigenvalue weighted by Crippen LogP contribution is -2.16. The Labute approximate surface area is 128 Å². The van der Waals surface area contributed by atoms with E-state index in [1.54, 1.807) is 13.3 Å². The van der Waals surface area contributed by atoms with Gasteiger partial charge in [0.25, 0.3) is 0 Å². The first kappa shape index (κ1) is 15.0. The van der Waals surface area contributed by atoms with Crippen LogP contribution >= 0.6 is 15.9 Å². The molecule has 0 fully saturated rings. The minimum absolute atomic E-state index is 0.0450. The highest BCUT2D eigenvalue weighted by atomic mass is 79.9. The van der Waals surface area contributed by atoms with Gasteiger partial charge < -0.3 is 10.5 Å². The van der Waals surface area contributed by atoms with Gasteiger partial charge in [0.2, 0.25) is 0 Å². The quantitative estimate of drug-likeness (QED) is 0.907. The normalized spacial score (nSPS) is 12.2. The molecular formula is C16H19BrN2O. The number of rotatable bonds is 5. The molecule has 2 aromatic rings. The number of pyridine rings is 1. The molecule has 0 bridgehead atoms. The molecular weight excluding hydrogens is 316 g/mol. The molecule has 0 amide bonds. The van der Waals surface area contributed by atoms with Crippen molar-refractivity contribution in [1.29, 1.82) is 0 Å². The summed E-state index contributed by atoms with van der Waals surface area (Å²) in [5.41, 5.74) is 9.89. The molecule has 1 aromatic heterocycles. The Morgan fingerprint density at radius 3 is 2.80 bits per heavy atom. The number of ether oxygens (including phenoxy) is 1. The average molecular weight is 335 g/mol. The van der Waals surface area contributed by atoms with Crippen molar-refractivity contribution in [2.24, 2.45) is 5.73 Å². The lowest BCUT2D eigenvalue weighted by molar-refractivity contribution is 0.414. The van der Waals surface area contributed by atoms with Crippen LogP contribution in [0.4, 0.5) is 0 Å². The number of benzene rings is 1. The van der Waals surface area contributed by atoms with Crippen molar-refractivity contribution in [3.05, 3.63) is 57.8 Å². The van der Waals surface area contributed by atoms with Crippen LogP contribution in [0.5, 0.6) is 5.75 Å². The molecule has 0 saturated carbocycles. The number of nitrogens with two attached hydrogens (primary N) is 1. The molecule has 1 unspecified atom stereocenters. The van der Waals surface area contributed by atoms with Crippen LogP contribution in [0.1, 0.15) is 29.7 Å². The Morgan fingerprint density at radius 1 is 1.30 bits per heavy atom. The van der Waals surface area contributed by atoms with Gasteiger partial charge in [-0.3, -0.25) is 4.98 Å². The third kappa shape index (κ3) is 3.38. The smallest absolute Gasteiger partial charge is 0.119 e. The van der Waals surface area contributed by atoms with Crippen LogP contribution < -0.4 is 10.5 Å². The number of aryl methyl sites for hydroxylation is 1. The van der Waals surface area contributed by atoms with E-state index in [0.29, 0.717) is 0 Å². The zero-order valence-corrected chi connectivity index (χ0v) is 13.4. The van der Waals surface area contributed by atoms with Gasteiger partial charge in [-0.2, -0.15) is 0 Å². The molecule has 3 nitrogen and oxygen atoms in total. The van der Waals surface area contributed by atoms with E-state index in [2.05, 4.69) is 27.8 Å². The molecule has 20 heavy (non-hydrogen) atoms. The molecule has 1 atom stereocenters. The second-order valence-electron chi connectivity index (χ2n) is 4.70. The fourth-order valence-corrected chi connectivity index (χ4v) is 2.68. The van der Waals surface area contributed by atoms with E-state index < -0.39 is 0 Å². The molecule has 2 N–H and O–H groups in total. The SMILES string of the molecule is CCc1cnccc1C(N)Cc1cc(OC)ccc1Br. The van der Waals surface area contributed by atoms with Crippen molar-refractivity contribution >= 4 is 15.9 Å². The third-order valence-electron chi connectivity index (χ3n) is 3.41. The van der Waals surface area contributed by atoms with Crippen LogP contribution in [-0.4, -0.2) is 12.1 Å². The van der Waals surface area contributed by atoms with E-state index in [-0.39, 0.29) is 6.04 Å². The van der Waals surface area contributed by atoms with Gasteiger partial charge in [-0.05, 0) is 53.8 Å². The molecule has 0 saturated heterocycles. The van der Waals surface area contributed by atoms with E-state index in [0.717, 1.165) is 34.2 Å². The number of methoxy groups -OCH3 is 1. The van der Waals surface area contributed by atoms with Crippen LogP contribution in [0, 0.1) is 0 Å². The summed E-state index contributed by atoms with van der Waals surface area (Å²) in [6, 6.07) is 7.92. The van der Waals surface area contributed by atoms with Gasteiger partial charge in [0.05, 0.1) is 7.11 Å². The monoisotopic (exact) mass is 334 g/mol. The van der Waals surface area contributed by atoms with E-state index in [1.807, 2.05) is 30.5 Å². The molecule has 1 aromatic carbocycles. The van der Waals surface area contributed by atoms with Gasteiger partial charge >= 0.3 is 0 Å². The lowest BCUT2D eigenvalue weighted by Gasteiger charge is -2.17. The number of aromatic nitrogens is 1. The van der Waals surface area contributed by atoms with Gasteiger partial charge in [-0.1, -0.05) is 22.9 Å². The van der Waals surface area contributed by atoms with Crippen molar-refractivity contribution in [3.8, 4) is 5.75 Å². The highest BCUT2D eigenvalue weighted by Crippen LogP contribution is 2.27. The second kappa shape index (κ2) is 6.86. The standard InChI is InChI=1S/C16H19BrN2O/c1-3-11-10-19-7-6-14(11)16(18)9-12-8-13(20-2)4-5-15(12)17/h4-8,10,16H,3,9,18H2,1-2H3. The Hall–Kier alpha value is -1.39. The molecule has 2 rings (SSSR count). The maximum absolute atomic E-state index is 6.37. The number of hydrogen-bond donors (Lipinski definition) is 1. The van der Waals surface area contributed by atoms with Crippen LogP contribution in [0.25, 0.3) is 0 Å². The van der Waals surface area contributed by atoms with Crippen molar-refractivity contribution in [2.45, 2.75) is 25.8 Å². The van der Waals surface area contributed by atoms with Gasteiger partial charge in [-0.15, -0.1) is 0 Å². The molecule has 0 aliphatic carbocycles.